The molecule has 1 aromatic heterocycles. The number of nitrogens with zero attached hydrogens (tertiary/aromatic N) is 2. The number of unbranched alkanes of at least 4 members (excludes halogenated alkanes) is 2. The summed E-state index contributed by atoms with van der Waals surface area (Å²) in [6.45, 7) is 5.68. The minimum absolute atomic E-state index is 0.0892. The predicted octanol–water partition coefficient (Wildman–Crippen LogP) is 2.56. The van der Waals surface area contributed by atoms with Crippen molar-refractivity contribution in [2.75, 3.05) is 5.73 Å². The first-order valence-corrected chi connectivity index (χ1v) is 6.62. The number of nitrogens with two attached hydrogens (primary N) is 1. The van der Waals surface area contributed by atoms with Crippen molar-refractivity contribution in [2.24, 2.45) is 0 Å². The SMILES string of the molecule is CCCCn1c(N)cc(=O)n(CCCC)c1=S. The normalized spacial score (nSPS) is 10.7. The van der Waals surface area contributed by atoms with Crippen LogP contribution in [0, 0.1) is 4.77 Å². The molecule has 0 atom stereocenters. The second kappa shape index (κ2) is 6.59. The summed E-state index contributed by atoms with van der Waals surface area (Å²) in [4.78, 5) is 11.8. The topological polar surface area (TPSA) is 52.9 Å². The Morgan fingerprint density at radius 3 is 2.24 bits per heavy atom. The molecule has 17 heavy (non-hydrogen) atoms. The van der Waals surface area contributed by atoms with E-state index in [1.807, 2.05) is 4.57 Å². The van der Waals surface area contributed by atoms with Crippen LogP contribution < -0.4 is 11.3 Å². The summed E-state index contributed by atoms with van der Waals surface area (Å²) in [5.41, 5.74) is 5.75. The van der Waals surface area contributed by atoms with Crippen molar-refractivity contribution in [3.05, 3.63) is 21.2 Å². The van der Waals surface area contributed by atoms with Gasteiger partial charge in [0, 0.05) is 19.2 Å². The maximum absolute atomic E-state index is 11.8. The van der Waals surface area contributed by atoms with Crippen LogP contribution in [0.15, 0.2) is 10.9 Å². The molecule has 0 unspecified atom stereocenters. The Bertz CT molecular complexity index is 476. The highest BCUT2D eigenvalue weighted by molar-refractivity contribution is 7.71. The van der Waals surface area contributed by atoms with E-state index in [1.54, 1.807) is 4.57 Å². The van der Waals surface area contributed by atoms with Crippen molar-refractivity contribution in [2.45, 2.75) is 52.6 Å². The second-order valence-corrected chi connectivity index (χ2v) is 4.57. The summed E-state index contributed by atoms with van der Waals surface area (Å²) in [7, 11) is 0. The smallest absolute Gasteiger partial charge is 0.256 e. The van der Waals surface area contributed by atoms with Crippen LogP contribution in [0.2, 0.25) is 0 Å². The van der Waals surface area contributed by atoms with Crippen molar-refractivity contribution in [3.63, 3.8) is 0 Å². The monoisotopic (exact) mass is 255 g/mol. The van der Waals surface area contributed by atoms with E-state index in [0.717, 1.165) is 32.2 Å². The third-order valence-corrected chi connectivity index (χ3v) is 3.22. The molecular weight excluding hydrogens is 234 g/mol. The molecular formula is C12H21N3OS. The molecule has 0 radical (unpaired) electrons. The number of rotatable bonds is 6. The van der Waals surface area contributed by atoms with Gasteiger partial charge in [0.1, 0.15) is 5.82 Å². The molecule has 0 saturated carbocycles. The largest absolute Gasteiger partial charge is 0.385 e. The first-order valence-electron chi connectivity index (χ1n) is 6.22. The van der Waals surface area contributed by atoms with Gasteiger partial charge in [-0.15, -0.1) is 0 Å². The van der Waals surface area contributed by atoms with Gasteiger partial charge in [0.25, 0.3) is 5.56 Å². The van der Waals surface area contributed by atoms with Crippen molar-refractivity contribution in [3.8, 4) is 0 Å². The Morgan fingerprint density at radius 1 is 1.18 bits per heavy atom. The van der Waals surface area contributed by atoms with Crippen LogP contribution in [-0.4, -0.2) is 9.13 Å². The Labute approximate surface area is 107 Å². The molecule has 0 spiro atoms. The molecule has 0 fully saturated rings. The Morgan fingerprint density at radius 2 is 1.71 bits per heavy atom. The summed E-state index contributed by atoms with van der Waals surface area (Å²) in [5.74, 6) is 0.473. The van der Waals surface area contributed by atoms with Gasteiger partial charge in [0.2, 0.25) is 0 Å². The van der Waals surface area contributed by atoms with Gasteiger partial charge in [-0.1, -0.05) is 26.7 Å². The lowest BCUT2D eigenvalue weighted by molar-refractivity contribution is 0.539. The highest BCUT2D eigenvalue weighted by Crippen LogP contribution is 2.05. The maximum atomic E-state index is 11.8. The van der Waals surface area contributed by atoms with E-state index in [0.29, 0.717) is 17.1 Å². The van der Waals surface area contributed by atoms with E-state index in [-0.39, 0.29) is 5.56 Å². The molecule has 5 heteroatoms. The van der Waals surface area contributed by atoms with Crippen molar-refractivity contribution in [1.82, 2.24) is 9.13 Å². The van der Waals surface area contributed by atoms with E-state index >= 15 is 0 Å². The molecule has 0 aliphatic heterocycles. The van der Waals surface area contributed by atoms with Crippen LogP contribution in [0.1, 0.15) is 39.5 Å². The average molecular weight is 255 g/mol. The first kappa shape index (κ1) is 14.0. The Kier molecular flexibility index (Phi) is 5.41. The molecule has 2 N–H and O–H groups in total. The van der Waals surface area contributed by atoms with Crippen LogP contribution in [0.4, 0.5) is 5.82 Å². The third kappa shape index (κ3) is 3.43. The van der Waals surface area contributed by atoms with Crippen LogP contribution in [-0.2, 0) is 13.1 Å². The molecule has 0 saturated heterocycles. The van der Waals surface area contributed by atoms with Gasteiger partial charge in [0.15, 0.2) is 4.77 Å². The zero-order valence-corrected chi connectivity index (χ0v) is 11.4. The minimum atomic E-state index is -0.0892. The highest BCUT2D eigenvalue weighted by Gasteiger charge is 2.05. The lowest BCUT2D eigenvalue weighted by atomic mass is 10.3. The summed E-state index contributed by atoms with van der Waals surface area (Å²) in [6, 6.07) is 1.47. The van der Waals surface area contributed by atoms with Crippen LogP contribution in [0.3, 0.4) is 0 Å². The summed E-state index contributed by atoms with van der Waals surface area (Å²) in [5, 5.41) is 0. The zero-order chi connectivity index (χ0) is 12.8. The van der Waals surface area contributed by atoms with E-state index in [4.69, 9.17) is 18.0 Å². The number of aromatic nitrogens is 2. The molecule has 0 bridgehead atoms. The minimum Gasteiger partial charge on any atom is -0.385 e. The predicted molar refractivity (Wildman–Crippen MR) is 73.8 cm³/mol. The van der Waals surface area contributed by atoms with Gasteiger partial charge in [-0.25, -0.2) is 0 Å². The molecule has 96 valence electrons. The number of hydrogen-bond donors (Lipinski definition) is 1. The van der Waals surface area contributed by atoms with E-state index in [2.05, 4.69) is 13.8 Å². The summed E-state index contributed by atoms with van der Waals surface area (Å²) < 4.78 is 4.05. The van der Waals surface area contributed by atoms with Gasteiger partial charge in [-0.2, -0.15) is 0 Å². The standard InChI is InChI=1S/C12H21N3OS/c1-3-5-7-14-10(13)9-11(16)15(12(14)17)8-6-4-2/h9H,3-8,13H2,1-2H3. The second-order valence-electron chi connectivity index (χ2n) is 4.20. The summed E-state index contributed by atoms with van der Waals surface area (Å²) >= 11 is 5.34. The lowest BCUT2D eigenvalue weighted by Gasteiger charge is -2.14. The fraction of sp³-hybridized carbons (Fsp3) is 0.667. The van der Waals surface area contributed by atoms with Gasteiger partial charge in [-0.3, -0.25) is 9.36 Å². The van der Waals surface area contributed by atoms with E-state index in [9.17, 15) is 4.79 Å². The number of nitrogen functional groups attached to an aromatic ring is 1. The molecule has 1 aromatic rings. The van der Waals surface area contributed by atoms with E-state index in [1.165, 1.54) is 6.07 Å². The highest BCUT2D eigenvalue weighted by atomic mass is 32.1. The number of anilines is 1. The van der Waals surface area contributed by atoms with Gasteiger partial charge in [0.05, 0.1) is 0 Å². The molecule has 0 amide bonds. The van der Waals surface area contributed by atoms with Crippen LogP contribution in [0.5, 0.6) is 0 Å². The maximum Gasteiger partial charge on any atom is 0.256 e. The molecule has 0 aliphatic carbocycles. The van der Waals surface area contributed by atoms with Gasteiger partial charge in [-0.05, 0) is 25.1 Å². The van der Waals surface area contributed by atoms with Crippen molar-refractivity contribution in [1.29, 1.82) is 0 Å². The van der Waals surface area contributed by atoms with Crippen LogP contribution >= 0.6 is 12.2 Å². The average Bonchev–Trinajstić information content (AvgIpc) is 2.28. The molecule has 0 aromatic carbocycles. The fourth-order valence-electron chi connectivity index (χ4n) is 1.70. The van der Waals surface area contributed by atoms with Crippen molar-refractivity contribution >= 4 is 18.0 Å². The molecule has 1 heterocycles. The Hall–Kier alpha value is -1.10. The van der Waals surface area contributed by atoms with Crippen LogP contribution in [0.25, 0.3) is 0 Å². The molecule has 1 rings (SSSR count). The Balaban J connectivity index is 3.13. The van der Waals surface area contributed by atoms with E-state index < -0.39 is 0 Å². The molecule has 4 nitrogen and oxygen atoms in total. The quantitative estimate of drug-likeness (QED) is 0.795. The first-order chi connectivity index (χ1) is 8.11. The lowest BCUT2D eigenvalue weighted by Crippen LogP contribution is -2.26. The number of hydrogen-bond acceptors (Lipinski definition) is 3. The van der Waals surface area contributed by atoms with Crippen molar-refractivity contribution < 1.29 is 0 Å². The fourth-order valence-corrected chi connectivity index (χ4v) is 2.07. The third-order valence-electron chi connectivity index (χ3n) is 2.78. The van der Waals surface area contributed by atoms with Gasteiger partial charge >= 0.3 is 0 Å². The molecule has 0 aliphatic rings. The zero-order valence-electron chi connectivity index (χ0n) is 10.6. The van der Waals surface area contributed by atoms with Gasteiger partial charge < -0.3 is 10.3 Å². The summed E-state index contributed by atoms with van der Waals surface area (Å²) in [6.07, 6.45) is 4.10.